The molecule has 0 bridgehead atoms. The van der Waals surface area contributed by atoms with Gasteiger partial charge in [-0.1, -0.05) is 12.1 Å². The van der Waals surface area contributed by atoms with Crippen LogP contribution in [0.5, 0.6) is 0 Å². The number of nitriles is 1. The van der Waals surface area contributed by atoms with Crippen LogP contribution in [0.1, 0.15) is 29.9 Å². The lowest BCUT2D eigenvalue weighted by molar-refractivity contribution is -0.131. The summed E-state index contributed by atoms with van der Waals surface area (Å²) in [5, 5.41) is 8.93. The number of nitrogens with zero attached hydrogens (tertiary/aromatic N) is 4. The zero-order chi connectivity index (χ0) is 22.3. The number of rotatable bonds is 6. The van der Waals surface area contributed by atoms with Gasteiger partial charge in [-0.25, -0.2) is 9.37 Å². The van der Waals surface area contributed by atoms with Crippen molar-refractivity contribution in [2.24, 2.45) is 0 Å². The fourth-order valence-electron chi connectivity index (χ4n) is 3.87. The predicted octanol–water partition coefficient (Wildman–Crippen LogP) is 4.02. The molecule has 0 spiro atoms. The van der Waals surface area contributed by atoms with Crippen LogP contribution >= 0.6 is 0 Å². The average molecular weight is 432 g/mol. The highest BCUT2D eigenvalue weighted by molar-refractivity contribution is 5.76. The number of oxazole rings is 1. The van der Waals surface area contributed by atoms with Gasteiger partial charge in [0.25, 0.3) is 0 Å². The van der Waals surface area contributed by atoms with Crippen LogP contribution in [0.3, 0.4) is 0 Å². The van der Waals surface area contributed by atoms with Crippen LogP contribution in [0.25, 0.3) is 11.3 Å². The molecule has 3 aromatic rings. The first-order valence-electron chi connectivity index (χ1n) is 10.8. The monoisotopic (exact) mass is 432 g/mol. The molecule has 1 aliphatic heterocycles. The predicted molar refractivity (Wildman–Crippen MR) is 118 cm³/mol. The van der Waals surface area contributed by atoms with Crippen molar-refractivity contribution < 1.29 is 13.6 Å². The van der Waals surface area contributed by atoms with Crippen molar-refractivity contribution in [1.29, 1.82) is 5.26 Å². The van der Waals surface area contributed by atoms with Crippen molar-refractivity contribution in [1.82, 2.24) is 14.8 Å². The molecule has 1 aromatic heterocycles. The van der Waals surface area contributed by atoms with E-state index in [4.69, 9.17) is 9.68 Å². The normalized spacial score (nSPS) is 14.7. The standard InChI is InChI=1S/C25H25FN4O2/c26-22-8-6-21(7-9-22)23-17-28-24(32-23)10-11-25(31)30-13-1-12-29(14-15-30)18-20-4-2-19(16-27)3-5-20/h2-9,17H,1,10-15,18H2. The van der Waals surface area contributed by atoms with Gasteiger partial charge in [0.2, 0.25) is 5.91 Å². The highest BCUT2D eigenvalue weighted by atomic mass is 19.1. The zero-order valence-electron chi connectivity index (χ0n) is 17.8. The summed E-state index contributed by atoms with van der Waals surface area (Å²) in [6.07, 6.45) is 3.32. The number of hydrogen-bond acceptors (Lipinski definition) is 5. The number of aryl methyl sites for hydroxylation is 1. The second-order valence-corrected chi connectivity index (χ2v) is 7.94. The van der Waals surface area contributed by atoms with Crippen LogP contribution < -0.4 is 0 Å². The lowest BCUT2D eigenvalue weighted by Gasteiger charge is -2.22. The smallest absolute Gasteiger partial charge is 0.223 e. The lowest BCUT2D eigenvalue weighted by Crippen LogP contribution is -2.35. The van der Waals surface area contributed by atoms with Crippen molar-refractivity contribution in [3.63, 3.8) is 0 Å². The molecule has 2 heterocycles. The van der Waals surface area contributed by atoms with Gasteiger partial charge in [0, 0.05) is 51.1 Å². The maximum absolute atomic E-state index is 13.1. The quantitative estimate of drug-likeness (QED) is 0.588. The minimum Gasteiger partial charge on any atom is -0.441 e. The molecule has 164 valence electrons. The van der Waals surface area contributed by atoms with Gasteiger partial charge in [0.15, 0.2) is 11.7 Å². The van der Waals surface area contributed by atoms with Gasteiger partial charge in [0.1, 0.15) is 5.82 Å². The topological polar surface area (TPSA) is 73.4 Å². The van der Waals surface area contributed by atoms with Crippen molar-refractivity contribution in [3.8, 4) is 17.4 Å². The number of hydrogen-bond donors (Lipinski definition) is 0. The average Bonchev–Trinajstić information content (AvgIpc) is 3.17. The molecule has 4 rings (SSSR count). The minimum absolute atomic E-state index is 0.103. The summed E-state index contributed by atoms with van der Waals surface area (Å²) >= 11 is 0. The first kappa shape index (κ1) is 21.7. The number of halogens is 1. The highest BCUT2D eigenvalue weighted by Gasteiger charge is 2.20. The van der Waals surface area contributed by atoms with Crippen LogP contribution in [-0.2, 0) is 17.8 Å². The summed E-state index contributed by atoms with van der Waals surface area (Å²) in [5.74, 6) is 0.884. The Kier molecular flexibility index (Phi) is 6.93. The Bertz CT molecular complexity index is 1090. The molecule has 1 fully saturated rings. The third-order valence-electron chi connectivity index (χ3n) is 5.67. The molecule has 7 heteroatoms. The molecule has 0 aliphatic carbocycles. The molecule has 0 N–H and O–H groups in total. The molecule has 0 saturated carbocycles. The van der Waals surface area contributed by atoms with Gasteiger partial charge in [-0.2, -0.15) is 5.26 Å². The minimum atomic E-state index is -0.299. The van der Waals surface area contributed by atoms with Gasteiger partial charge in [-0.05, 0) is 48.4 Å². The summed E-state index contributed by atoms with van der Waals surface area (Å²) in [6.45, 7) is 4.01. The highest BCUT2D eigenvalue weighted by Crippen LogP contribution is 2.21. The fourth-order valence-corrected chi connectivity index (χ4v) is 3.87. The Hall–Kier alpha value is -3.50. The van der Waals surface area contributed by atoms with E-state index in [1.807, 2.05) is 29.2 Å². The third kappa shape index (κ3) is 5.59. The van der Waals surface area contributed by atoms with E-state index in [1.165, 1.54) is 17.7 Å². The van der Waals surface area contributed by atoms with E-state index in [1.54, 1.807) is 18.3 Å². The van der Waals surface area contributed by atoms with E-state index < -0.39 is 0 Å². The molecule has 0 radical (unpaired) electrons. The van der Waals surface area contributed by atoms with Crippen LogP contribution in [0.15, 0.2) is 59.1 Å². The molecule has 1 amide bonds. The molecular formula is C25H25FN4O2. The number of carbonyl (C=O) groups excluding carboxylic acids is 1. The molecule has 0 unspecified atom stereocenters. The SMILES string of the molecule is N#Cc1ccc(CN2CCCN(C(=O)CCc3ncc(-c4ccc(F)cc4)o3)CC2)cc1. The molecule has 1 aliphatic rings. The molecule has 32 heavy (non-hydrogen) atoms. The Balaban J connectivity index is 1.26. The molecule has 0 atom stereocenters. The van der Waals surface area contributed by atoms with E-state index in [0.29, 0.717) is 36.6 Å². The molecule has 1 saturated heterocycles. The zero-order valence-corrected chi connectivity index (χ0v) is 17.8. The summed E-state index contributed by atoms with van der Waals surface area (Å²) < 4.78 is 18.8. The number of aromatic nitrogens is 1. The Morgan fingerprint density at radius 1 is 1.06 bits per heavy atom. The second kappa shape index (κ2) is 10.2. The van der Waals surface area contributed by atoms with Gasteiger partial charge < -0.3 is 9.32 Å². The van der Waals surface area contributed by atoms with E-state index in [0.717, 1.165) is 38.2 Å². The van der Waals surface area contributed by atoms with E-state index in [2.05, 4.69) is 16.0 Å². The Morgan fingerprint density at radius 3 is 2.59 bits per heavy atom. The van der Waals surface area contributed by atoms with E-state index >= 15 is 0 Å². The van der Waals surface area contributed by atoms with E-state index in [9.17, 15) is 9.18 Å². The molecule has 6 nitrogen and oxygen atoms in total. The number of benzene rings is 2. The van der Waals surface area contributed by atoms with Crippen molar-refractivity contribution in [2.45, 2.75) is 25.8 Å². The Morgan fingerprint density at radius 2 is 1.84 bits per heavy atom. The van der Waals surface area contributed by atoms with Crippen molar-refractivity contribution >= 4 is 5.91 Å². The van der Waals surface area contributed by atoms with Crippen molar-refractivity contribution in [2.75, 3.05) is 26.2 Å². The fraction of sp³-hybridized carbons (Fsp3) is 0.320. The lowest BCUT2D eigenvalue weighted by atomic mass is 10.1. The summed E-state index contributed by atoms with van der Waals surface area (Å²) in [7, 11) is 0. The maximum atomic E-state index is 13.1. The molecular weight excluding hydrogens is 407 g/mol. The van der Waals surface area contributed by atoms with Gasteiger partial charge in [-0.15, -0.1) is 0 Å². The van der Waals surface area contributed by atoms with Crippen LogP contribution in [-0.4, -0.2) is 46.9 Å². The van der Waals surface area contributed by atoms with Gasteiger partial charge in [0.05, 0.1) is 17.8 Å². The molecule has 2 aromatic carbocycles. The first-order valence-corrected chi connectivity index (χ1v) is 10.8. The number of amides is 1. The maximum Gasteiger partial charge on any atom is 0.223 e. The summed E-state index contributed by atoms with van der Waals surface area (Å²) in [4.78, 5) is 21.3. The third-order valence-corrected chi connectivity index (χ3v) is 5.67. The summed E-state index contributed by atoms with van der Waals surface area (Å²) in [6, 6.07) is 15.8. The van der Waals surface area contributed by atoms with E-state index in [-0.39, 0.29) is 11.7 Å². The van der Waals surface area contributed by atoms with Crippen LogP contribution in [0.2, 0.25) is 0 Å². The van der Waals surface area contributed by atoms with Crippen LogP contribution in [0, 0.1) is 17.1 Å². The summed E-state index contributed by atoms with van der Waals surface area (Å²) in [5.41, 5.74) is 2.59. The number of carbonyl (C=O) groups is 1. The first-order chi connectivity index (χ1) is 15.6. The Labute approximate surface area is 186 Å². The second-order valence-electron chi connectivity index (χ2n) is 7.94. The van der Waals surface area contributed by atoms with Gasteiger partial charge >= 0.3 is 0 Å². The largest absolute Gasteiger partial charge is 0.441 e. The van der Waals surface area contributed by atoms with Crippen LogP contribution in [0.4, 0.5) is 4.39 Å². The van der Waals surface area contributed by atoms with Gasteiger partial charge in [-0.3, -0.25) is 9.69 Å². The van der Waals surface area contributed by atoms with Crippen molar-refractivity contribution in [3.05, 3.63) is 77.6 Å².